The molecule has 1 aromatic heterocycles. The van der Waals surface area contributed by atoms with Crippen molar-refractivity contribution in [3.05, 3.63) is 23.9 Å². The van der Waals surface area contributed by atoms with E-state index in [9.17, 15) is 8.42 Å². The van der Waals surface area contributed by atoms with Gasteiger partial charge in [0, 0.05) is 25.3 Å². The Kier molecular flexibility index (Phi) is 4.10. The second kappa shape index (κ2) is 5.46. The monoisotopic (exact) mass is 283 g/mol. The third-order valence-electron chi connectivity index (χ3n) is 3.50. The molecule has 2 N–H and O–H groups in total. The van der Waals surface area contributed by atoms with Crippen molar-refractivity contribution >= 4 is 15.7 Å². The van der Waals surface area contributed by atoms with Gasteiger partial charge in [0.15, 0.2) is 9.84 Å². The molecule has 1 fully saturated rings. The summed E-state index contributed by atoms with van der Waals surface area (Å²) in [5, 5.41) is 0. The van der Waals surface area contributed by atoms with Gasteiger partial charge in [-0.3, -0.25) is 0 Å². The normalized spacial score (nSPS) is 23.2. The van der Waals surface area contributed by atoms with E-state index in [2.05, 4.69) is 4.98 Å². The average Bonchev–Trinajstić information content (AvgIpc) is 2.69. The Bertz CT molecular complexity index is 543. The number of nitrogens with two attached hydrogens (primary N) is 1. The highest BCUT2D eigenvalue weighted by Gasteiger charge is 2.31. The summed E-state index contributed by atoms with van der Waals surface area (Å²) in [6.45, 7) is 1.96. The van der Waals surface area contributed by atoms with Crippen LogP contribution in [0.4, 0.5) is 5.82 Å². The second-order valence-electron chi connectivity index (χ2n) is 5.34. The van der Waals surface area contributed by atoms with E-state index < -0.39 is 9.84 Å². The first-order valence-corrected chi connectivity index (χ1v) is 8.34. The van der Waals surface area contributed by atoms with E-state index in [4.69, 9.17) is 5.73 Å². The molecule has 2 rings (SSSR count). The van der Waals surface area contributed by atoms with Crippen molar-refractivity contribution in [1.82, 2.24) is 4.98 Å². The highest BCUT2D eigenvalue weighted by molar-refractivity contribution is 7.91. The van der Waals surface area contributed by atoms with Gasteiger partial charge in [-0.1, -0.05) is 6.07 Å². The minimum Gasteiger partial charge on any atom is -0.355 e. The van der Waals surface area contributed by atoms with Crippen LogP contribution in [-0.2, 0) is 16.3 Å². The van der Waals surface area contributed by atoms with Crippen LogP contribution < -0.4 is 10.6 Å². The Labute approximate surface area is 114 Å². The van der Waals surface area contributed by atoms with Crippen LogP contribution in [0.25, 0.3) is 0 Å². The van der Waals surface area contributed by atoms with E-state index in [1.54, 1.807) is 6.20 Å². The van der Waals surface area contributed by atoms with Crippen molar-refractivity contribution in [2.45, 2.75) is 31.8 Å². The number of pyridine rings is 1. The Hall–Kier alpha value is -1.14. The van der Waals surface area contributed by atoms with Gasteiger partial charge in [0.2, 0.25) is 0 Å². The quantitative estimate of drug-likeness (QED) is 0.875. The SMILES string of the molecule is CC(N)Cc1cccnc1N(C)C1CCS(=O)(=O)C1. The molecule has 1 aromatic rings. The lowest BCUT2D eigenvalue weighted by Crippen LogP contribution is -2.34. The van der Waals surface area contributed by atoms with E-state index in [1.165, 1.54) is 0 Å². The molecule has 0 aromatic carbocycles. The molecule has 1 saturated heterocycles. The number of nitrogens with zero attached hydrogens (tertiary/aromatic N) is 2. The van der Waals surface area contributed by atoms with Crippen LogP contribution in [0.3, 0.4) is 0 Å². The van der Waals surface area contributed by atoms with Gasteiger partial charge < -0.3 is 10.6 Å². The van der Waals surface area contributed by atoms with Gasteiger partial charge in [0.25, 0.3) is 0 Å². The number of hydrogen-bond donors (Lipinski definition) is 1. The average molecular weight is 283 g/mol. The first-order chi connectivity index (χ1) is 8.89. The predicted octanol–water partition coefficient (Wildman–Crippen LogP) is 0.595. The van der Waals surface area contributed by atoms with Crippen molar-refractivity contribution in [3.63, 3.8) is 0 Å². The van der Waals surface area contributed by atoms with Gasteiger partial charge in [-0.25, -0.2) is 13.4 Å². The van der Waals surface area contributed by atoms with E-state index in [-0.39, 0.29) is 23.6 Å². The topological polar surface area (TPSA) is 76.3 Å². The Morgan fingerprint density at radius 2 is 2.32 bits per heavy atom. The highest BCUT2D eigenvalue weighted by Crippen LogP contribution is 2.24. The molecule has 0 bridgehead atoms. The highest BCUT2D eigenvalue weighted by atomic mass is 32.2. The van der Waals surface area contributed by atoms with Crippen LogP contribution in [0.1, 0.15) is 18.9 Å². The number of sulfone groups is 1. The fourth-order valence-corrected chi connectivity index (χ4v) is 4.28. The summed E-state index contributed by atoms with van der Waals surface area (Å²) < 4.78 is 23.1. The van der Waals surface area contributed by atoms with Crippen LogP contribution in [0.15, 0.2) is 18.3 Å². The molecular formula is C13H21N3O2S. The maximum atomic E-state index is 11.6. The summed E-state index contributed by atoms with van der Waals surface area (Å²) in [6.07, 6.45) is 3.15. The fraction of sp³-hybridized carbons (Fsp3) is 0.615. The molecule has 6 heteroatoms. The molecular weight excluding hydrogens is 262 g/mol. The molecule has 106 valence electrons. The Morgan fingerprint density at radius 3 is 2.89 bits per heavy atom. The first kappa shape index (κ1) is 14.3. The molecule has 0 amide bonds. The van der Waals surface area contributed by atoms with Gasteiger partial charge in [-0.15, -0.1) is 0 Å². The molecule has 2 heterocycles. The second-order valence-corrected chi connectivity index (χ2v) is 7.56. The van der Waals surface area contributed by atoms with E-state index in [0.717, 1.165) is 17.8 Å². The maximum Gasteiger partial charge on any atom is 0.152 e. The summed E-state index contributed by atoms with van der Waals surface area (Å²) >= 11 is 0. The third kappa shape index (κ3) is 3.45. The predicted molar refractivity (Wildman–Crippen MR) is 77.1 cm³/mol. The summed E-state index contributed by atoms with van der Waals surface area (Å²) in [5.74, 6) is 1.34. The first-order valence-electron chi connectivity index (χ1n) is 6.52. The number of rotatable bonds is 4. The molecule has 0 spiro atoms. The standard InChI is InChI=1S/C13H21N3O2S/c1-10(14)8-11-4-3-6-15-13(11)16(2)12-5-7-19(17,18)9-12/h3-4,6,10,12H,5,7-9,14H2,1-2H3. The van der Waals surface area contributed by atoms with Gasteiger partial charge >= 0.3 is 0 Å². The van der Waals surface area contributed by atoms with E-state index in [0.29, 0.717) is 6.42 Å². The zero-order valence-corrected chi connectivity index (χ0v) is 12.2. The van der Waals surface area contributed by atoms with Crippen molar-refractivity contribution < 1.29 is 8.42 Å². The molecule has 19 heavy (non-hydrogen) atoms. The molecule has 2 atom stereocenters. The summed E-state index contributed by atoms with van der Waals surface area (Å²) in [6, 6.07) is 3.97. The Morgan fingerprint density at radius 1 is 1.58 bits per heavy atom. The summed E-state index contributed by atoms with van der Waals surface area (Å²) in [7, 11) is -0.963. The molecule has 0 saturated carbocycles. The number of anilines is 1. The third-order valence-corrected chi connectivity index (χ3v) is 5.25. The maximum absolute atomic E-state index is 11.6. The number of aromatic nitrogens is 1. The van der Waals surface area contributed by atoms with Crippen LogP contribution >= 0.6 is 0 Å². The zero-order chi connectivity index (χ0) is 14.0. The largest absolute Gasteiger partial charge is 0.355 e. The molecule has 0 aliphatic carbocycles. The minimum atomic E-state index is -2.88. The summed E-state index contributed by atoms with van der Waals surface area (Å²) in [5.41, 5.74) is 6.92. The Balaban J connectivity index is 2.22. The lowest BCUT2D eigenvalue weighted by atomic mass is 10.1. The van der Waals surface area contributed by atoms with Crippen molar-refractivity contribution in [1.29, 1.82) is 0 Å². The fourth-order valence-electron chi connectivity index (χ4n) is 2.51. The number of hydrogen-bond acceptors (Lipinski definition) is 5. The molecule has 1 aliphatic heterocycles. The minimum absolute atomic E-state index is 0.0201. The zero-order valence-electron chi connectivity index (χ0n) is 11.4. The van der Waals surface area contributed by atoms with E-state index in [1.807, 2.05) is 31.0 Å². The smallest absolute Gasteiger partial charge is 0.152 e. The van der Waals surface area contributed by atoms with Gasteiger partial charge in [-0.2, -0.15) is 0 Å². The van der Waals surface area contributed by atoms with Crippen molar-refractivity contribution in [2.24, 2.45) is 5.73 Å². The van der Waals surface area contributed by atoms with Crippen LogP contribution in [0, 0.1) is 0 Å². The summed E-state index contributed by atoms with van der Waals surface area (Å²) in [4.78, 5) is 6.39. The van der Waals surface area contributed by atoms with Gasteiger partial charge in [-0.05, 0) is 31.4 Å². The van der Waals surface area contributed by atoms with E-state index >= 15 is 0 Å². The van der Waals surface area contributed by atoms with Crippen molar-refractivity contribution in [2.75, 3.05) is 23.5 Å². The van der Waals surface area contributed by atoms with Gasteiger partial charge in [0.1, 0.15) is 5.82 Å². The molecule has 0 radical (unpaired) electrons. The molecule has 5 nitrogen and oxygen atoms in total. The molecule has 2 unspecified atom stereocenters. The van der Waals surface area contributed by atoms with Crippen LogP contribution in [-0.4, -0.2) is 44.0 Å². The molecule has 1 aliphatic rings. The van der Waals surface area contributed by atoms with Crippen LogP contribution in [0.2, 0.25) is 0 Å². The lowest BCUT2D eigenvalue weighted by molar-refractivity contribution is 0.600. The van der Waals surface area contributed by atoms with Crippen molar-refractivity contribution in [3.8, 4) is 0 Å². The van der Waals surface area contributed by atoms with Gasteiger partial charge in [0.05, 0.1) is 11.5 Å². The lowest BCUT2D eigenvalue weighted by Gasteiger charge is -2.27. The van der Waals surface area contributed by atoms with Crippen LogP contribution in [0.5, 0.6) is 0 Å².